The molecule has 1 saturated carbocycles. The van der Waals surface area contributed by atoms with Crippen molar-refractivity contribution >= 4 is 11.6 Å². The molecule has 1 aliphatic heterocycles. The molecule has 1 heterocycles. The Morgan fingerprint density at radius 3 is 2.52 bits per heavy atom. The lowest BCUT2D eigenvalue weighted by molar-refractivity contribution is -0.385. The normalized spacial score (nSPS) is 16.8. The minimum absolute atomic E-state index is 0.00866. The van der Waals surface area contributed by atoms with Gasteiger partial charge in [0.05, 0.1) is 16.6 Å². The maximum Gasteiger partial charge on any atom is 0.278 e. The summed E-state index contributed by atoms with van der Waals surface area (Å²) in [5.74, 6) is 0.518. The van der Waals surface area contributed by atoms with Gasteiger partial charge in [-0.1, -0.05) is 49.6 Å². The minimum atomic E-state index is -0.836. The second-order valence-corrected chi connectivity index (χ2v) is 8.17. The van der Waals surface area contributed by atoms with Gasteiger partial charge in [0, 0.05) is 12.6 Å². The van der Waals surface area contributed by atoms with Crippen LogP contribution in [0.5, 0.6) is 11.5 Å². The zero-order valence-electron chi connectivity index (χ0n) is 17.6. The van der Waals surface area contributed by atoms with Crippen molar-refractivity contribution in [2.24, 2.45) is 0 Å². The predicted octanol–water partition coefficient (Wildman–Crippen LogP) is 3.95. The number of fused-ring (bicyclic) bond motifs is 1. The van der Waals surface area contributed by atoms with E-state index < -0.39 is 11.0 Å². The Labute approximate surface area is 181 Å². The molecule has 0 radical (unpaired) electrons. The van der Waals surface area contributed by atoms with E-state index in [-0.39, 0.29) is 24.4 Å². The summed E-state index contributed by atoms with van der Waals surface area (Å²) in [6.45, 7) is 0.476. The number of likely N-dealkylation sites (N-methyl/N-ethyl adjacent to an activating group) is 1. The van der Waals surface area contributed by atoms with Crippen LogP contribution in [0.3, 0.4) is 0 Å². The Balaban J connectivity index is 1.69. The van der Waals surface area contributed by atoms with Crippen molar-refractivity contribution in [2.45, 2.75) is 50.7 Å². The number of hydrogen-bond donors (Lipinski definition) is 1. The van der Waals surface area contributed by atoms with Crippen LogP contribution < -0.4 is 14.8 Å². The van der Waals surface area contributed by atoms with Gasteiger partial charge >= 0.3 is 0 Å². The zero-order chi connectivity index (χ0) is 21.8. The lowest BCUT2D eigenvalue weighted by Gasteiger charge is -2.30. The highest BCUT2D eigenvalue weighted by Gasteiger charge is 2.35. The Bertz CT molecular complexity index is 944. The molecule has 0 aromatic heterocycles. The molecular formula is C23H27N3O5. The van der Waals surface area contributed by atoms with Crippen LogP contribution in [0.25, 0.3) is 0 Å². The molecule has 31 heavy (non-hydrogen) atoms. The highest BCUT2D eigenvalue weighted by Crippen LogP contribution is 2.41. The van der Waals surface area contributed by atoms with Gasteiger partial charge in [0.1, 0.15) is 6.04 Å². The van der Waals surface area contributed by atoms with E-state index in [1.54, 1.807) is 6.07 Å². The lowest BCUT2D eigenvalue weighted by atomic mass is 9.94. The number of nitro groups is 1. The molecule has 0 saturated heterocycles. The number of carbonyl (C=O) groups is 1. The number of hydrogen-bond acceptors (Lipinski definition) is 6. The number of nitrogens with one attached hydrogen (secondary N) is 1. The Morgan fingerprint density at radius 2 is 1.84 bits per heavy atom. The zero-order valence-corrected chi connectivity index (χ0v) is 17.6. The summed E-state index contributed by atoms with van der Waals surface area (Å²) in [6.07, 6.45) is 5.21. The van der Waals surface area contributed by atoms with E-state index in [0.717, 1.165) is 31.2 Å². The van der Waals surface area contributed by atoms with Gasteiger partial charge in [-0.15, -0.1) is 0 Å². The monoisotopic (exact) mass is 425 g/mol. The summed E-state index contributed by atoms with van der Waals surface area (Å²) < 4.78 is 10.8. The number of ether oxygens (including phenoxy) is 2. The molecule has 4 rings (SSSR count). The molecule has 2 aliphatic rings. The van der Waals surface area contributed by atoms with E-state index in [0.29, 0.717) is 23.6 Å². The molecule has 1 amide bonds. The van der Waals surface area contributed by atoms with Crippen LogP contribution in [0.2, 0.25) is 0 Å². The van der Waals surface area contributed by atoms with Crippen molar-refractivity contribution in [3.05, 3.63) is 63.7 Å². The van der Waals surface area contributed by atoms with Gasteiger partial charge in [-0.3, -0.25) is 19.8 Å². The van der Waals surface area contributed by atoms with Crippen LogP contribution in [-0.4, -0.2) is 35.6 Å². The molecule has 2 aromatic rings. The first-order valence-electron chi connectivity index (χ1n) is 10.7. The van der Waals surface area contributed by atoms with E-state index in [1.807, 2.05) is 42.3 Å². The Morgan fingerprint density at radius 1 is 1.16 bits per heavy atom. The second kappa shape index (κ2) is 9.34. The van der Waals surface area contributed by atoms with Gasteiger partial charge in [0.15, 0.2) is 11.5 Å². The van der Waals surface area contributed by atoms with E-state index in [1.165, 1.54) is 12.5 Å². The first-order chi connectivity index (χ1) is 15.0. The molecule has 2 aromatic carbocycles. The molecule has 8 heteroatoms. The largest absolute Gasteiger partial charge is 0.454 e. The van der Waals surface area contributed by atoms with Crippen molar-refractivity contribution in [1.29, 1.82) is 0 Å². The minimum Gasteiger partial charge on any atom is -0.454 e. The average molecular weight is 425 g/mol. The number of nitrogens with zero attached hydrogens (tertiary/aromatic N) is 2. The Hall–Kier alpha value is -3.13. The average Bonchev–Trinajstić information content (AvgIpc) is 3.22. The molecule has 1 atom stereocenters. The van der Waals surface area contributed by atoms with Gasteiger partial charge in [-0.2, -0.15) is 0 Å². The smallest absolute Gasteiger partial charge is 0.278 e. The van der Waals surface area contributed by atoms with Crippen LogP contribution in [0.15, 0.2) is 42.5 Å². The fourth-order valence-corrected chi connectivity index (χ4v) is 4.39. The highest BCUT2D eigenvalue weighted by atomic mass is 16.7. The van der Waals surface area contributed by atoms with Crippen LogP contribution >= 0.6 is 0 Å². The van der Waals surface area contributed by atoms with Gasteiger partial charge in [0.2, 0.25) is 12.7 Å². The SMILES string of the molecule is CN(Cc1ccccc1)[C@@H](C(=O)NC1CCCCC1)c1cc2c(cc1[N+](=O)[O-])OCO2. The molecule has 0 spiro atoms. The summed E-state index contributed by atoms with van der Waals surface area (Å²) in [7, 11) is 1.81. The van der Waals surface area contributed by atoms with Crippen molar-refractivity contribution < 1.29 is 19.2 Å². The fraction of sp³-hybridized carbons (Fsp3) is 0.435. The van der Waals surface area contributed by atoms with E-state index >= 15 is 0 Å². The summed E-state index contributed by atoms with van der Waals surface area (Å²) in [6, 6.07) is 11.9. The molecule has 164 valence electrons. The Kier molecular flexibility index (Phi) is 6.36. The first kappa shape index (κ1) is 21.1. The van der Waals surface area contributed by atoms with E-state index in [9.17, 15) is 14.9 Å². The maximum atomic E-state index is 13.5. The van der Waals surface area contributed by atoms with Crippen LogP contribution in [0, 0.1) is 10.1 Å². The first-order valence-corrected chi connectivity index (χ1v) is 10.7. The van der Waals surface area contributed by atoms with Crippen molar-refractivity contribution in [1.82, 2.24) is 10.2 Å². The molecular weight excluding hydrogens is 398 g/mol. The summed E-state index contributed by atoms with van der Waals surface area (Å²) >= 11 is 0. The topological polar surface area (TPSA) is 93.9 Å². The molecule has 1 fully saturated rings. The fourth-order valence-electron chi connectivity index (χ4n) is 4.39. The van der Waals surface area contributed by atoms with Gasteiger partial charge in [-0.25, -0.2) is 0 Å². The van der Waals surface area contributed by atoms with Gasteiger partial charge in [0.25, 0.3) is 5.69 Å². The standard InChI is InChI=1S/C23H27N3O5/c1-25(14-16-8-4-2-5-9-16)22(23(27)24-17-10-6-3-7-11-17)18-12-20-21(31-15-30-20)13-19(18)26(28)29/h2,4-5,8-9,12-13,17,22H,3,6-7,10-11,14-15H2,1H3,(H,24,27)/t22-/m1/s1. The maximum absolute atomic E-state index is 13.5. The second-order valence-electron chi connectivity index (χ2n) is 8.17. The summed E-state index contributed by atoms with van der Waals surface area (Å²) in [4.78, 5) is 26.7. The van der Waals surface area contributed by atoms with Crippen molar-refractivity contribution in [3.8, 4) is 11.5 Å². The molecule has 1 N–H and O–H groups in total. The summed E-state index contributed by atoms with van der Waals surface area (Å²) in [5.41, 5.74) is 1.18. The van der Waals surface area contributed by atoms with E-state index in [2.05, 4.69) is 5.32 Å². The summed E-state index contributed by atoms with van der Waals surface area (Å²) in [5, 5.41) is 15.0. The van der Waals surface area contributed by atoms with E-state index in [4.69, 9.17) is 9.47 Å². The van der Waals surface area contributed by atoms with Crippen molar-refractivity contribution in [3.63, 3.8) is 0 Å². The number of amides is 1. The molecule has 8 nitrogen and oxygen atoms in total. The third kappa shape index (κ3) is 4.80. The van der Waals surface area contributed by atoms with Crippen LogP contribution in [0.4, 0.5) is 5.69 Å². The van der Waals surface area contributed by atoms with Crippen LogP contribution in [0.1, 0.15) is 49.3 Å². The van der Waals surface area contributed by atoms with Crippen molar-refractivity contribution in [2.75, 3.05) is 13.8 Å². The van der Waals surface area contributed by atoms with Gasteiger partial charge < -0.3 is 14.8 Å². The van der Waals surface area contributed by atoms with Crippen LogP contribution in [-0.2, 0) is 11.3 Å². The molecule has 0 unspecified atom stereocenters. The number of carbonyl (C=O) groups excluding carboxylic acids is 1. The molecule has 0 bridgehead atoms. The number of nitro benzene ring substituents is 1. The quantitative estimate of drug-likeness (QED) is 0.533. The van der Waals surface area contributed by atoms with Gasteiger partial charge in [-0.05, 0) is 31.5 Å². The highest BCUT2D eigenvalue weighted by molar-refractivity contribution is 5.85. The molecule has 1 aliphatic carbocycles. The number of benzene rings is 2. The number of rotatable bonds is 7. The third-order valence-corrected chi connectivity index (χ3v) is 5.93. The lowest BCUT2D eigenvalue weighted by Crippen LogP contribution is -2.44. The predicted molar refractivity (Wildman–Crippen MR) is 115 cm³/mol. The third-order valence-electron chi connectivity index (χ3n) is 5.93.